The van der Waals surface area contributed by atoms with Crippen molar-refractivity contribution in [3.8, 4) is 0 Å². The summed E-state index contributed by atoms with van der Waals surface area (Å²) in [5.74, 6) is 1.59. The van der Waals surface area contributed by atoms with Crippen LogP contribution in [-0.2, 0) is 9.84 Å². The summed E-state index contributed by atoms with van der Waals surface area (Å²) in [6, 6.07) is 10.6. The van der Waals surface area contributed by atoms with Crippen LogP contribution in [0.2, 0.25) is 0 Å². The van der Waals surface area contributed by atoms with E-state index in [0.717, 1.165) is 18.5 Å². The number of anilines is 1. The number of hydrogen-bond acceptors (Lipinski definition) is 3. The van der Waals surface area contributed by atoms with Crippen LogP contribution in [-0.4, -0.2) is 26.0 Å². The van der Waals surface area contributed by atoms with Crippen molar-refractivity contribution in [2.45, 2.75) is 18.9 Å². The number of para-hydroxylation sites is 1. The summed E-state index contributed by atoms with van der Waals surface area (Å²) in [6.07, 6.45) is 2.00. The minimum atomic E-state index is -2.73. The van der Waals surface area contributed by atoms with Crippen LogP contribution in [0.15, 0.2) is 30.3 Å². The van der Waals surface area contributed by atoms with Gasteiger partial charge in [0.1, 0.15) is 0 Å². The molecule has 1 aliphatic carbocycles. The first kappa shape index (κ1) is 11.1. The van der Waals surface area contributed by atoms with E-state index in [2.05, 4.69) is 17.4 Å². The van der Waals surface area contributed by atoms with Gasteiger partial charge in [-0.3, -0.25) is 0 Å². The summed E-state index contributed by atoms with van der Waals surface area (Å²) in [4.78, 5) is 0. The molecule has 2 atom stereocenters. The first-order valence-corrected chi connectivity index (χ1v) is 7.96. The second kappa shape index (κ2) is 4.02. The van der Waals surface area contributed by atoms with E-state index >= 15 is 0 Å². The van der Waals surface area contributed by atoms with Gasteiger partial charge in [0.05, 0.1) is 11.5 Å². The Balaban J connectivity index is 1.64. The largest absolute Gasteiger partial charge is 0.382 e. The fourth-order valence-electron chi connectivity index (χ4n) is 3.23. The molecule has 3 rings (SSSR count). The zero-order chi connectivity index (χ0) is 11.9. The smallest absolute Gasteiger partial charge is 0.150 e. The Morgan fingerprint density at radius 3 is 2.18 bits per heavy atom. The van der Waals surface area contributed by atoms with Gasteiger partial charge in [-0.15, -0.1) is 0 Å². The maximum atomic E-state index is 11.5. The Morgan fingerprint density at radius 1 is 1.00 bits per heavy atom. The number of rotatable bonds is 2. The van der Waals surface area contributed by atoms with E-state index in [4.69, 9.17) is 0 Å². The van der Waals surface area contributed by atoms with Crippen molar-refractivity contribution in [3.05, 3.63) is 30.3 Å². The van der Waals surface area contributed by atoms with Gasteiger partial charge < -0.3 is 5.32 Å². The van der Waals surface area contributed by atoms with Crippen molar-refractivity contribution >= 4 is 15.5 Å². The molecule has 2 aliphatic rings. The molecule has 1 heterocycles. The maximum Gasteiger partial charge on any atom is 0.150 e. The van der Waals surface area contributed by atoms with Crippen LogP contribution in [0.4, 0.5) is 5.69 Å². The van der Waals surface area contributed by atoms with Crippen LogP contribution < -0.4 is 5.32 Å². The van der Waals surface area contributed by atoms with Crippen molar-refractivity contribution in [2.75, 3.05) is 16.8 Å². The summed E-state index contributed by atoms with van der Waals surface area (Å²) in [5, 5.41) is 3.50. The molecule has 1 saturated carbocycles. The van der Waals surface area contributed by atoms with Crippen LogP contribution in [0.25, 0.3) is 0 Å². The molecule has 1 aromatic carbocycles. The summed E-state index contributed by atoms with van der Waals surface area (Å²) in [7, 11) is -2.73. The van der Waals surface area contributed by atoms with Gasteiger partial charge in [0.2, 0.25) is 0 Å². The van der Waals surface area contributed by atoms with Crippen LogP contribution in [0.5, 0.6) is 0 Å². The van der Waals surface area contributed by atoms with Crippen LogP contribution in [0.1, 0.15) is 12.8 Å². The molecule has 1 aliphatic heterocycles. The normalized spacial score (nSPS) is 34.5. The summed E-state index contributed by atoms with van der Waals surface area (Å²) in [6.45, 7) is 0. The maximum absolute atomic E-state index is 11.5. The molecular weight excluding hydrogens is 234 g/mol. The first-order valence-electron chi connectivity index (χ1n) is 6.14. The second-order valence-electron chi connectivity index (χ2n) is 5.28. The molecule has 1 saturated heterocycles. The van der Waals surface area contributed by atoms with Gasteiger partial charge in [0.25, 0.3) is 0 Å². The van der Waals surface area contributed by atoms with E-state index in [9.17, 15) is 8.42 Å². The lowest BCUT2D eigenvalue weighted by molar-refractivity contribution is 0.494. The van der Waals surface area contributed by atoms with E-state index in [1.54, 1.807) is 0 Å². The summed E-state index contributed by atoms with van der Waals surface area (Å²) >= 11 is 0. The van der Waals surface area contributed by atoms with Crippen molar-refractivity contribution in [3.63, 3.8) is 0 Å². The number of benzene rings is 1. The van der Waals surface area contributed by atoms with E-state index in [1.165, 1.54) is 0 Å². The third kappa shape index (κ3) is 2.32. The number of nitrogens with one attached hydrogen (secondary N) is 1. The zero-order valence-corrected chi connectivity index (χ0v) is 10.5. The average molecular weight is 251 g/mol. The number of sulfone groups is 1. The second-order valence-corrected chi connectivity index (χ2v) is 7.43. The van der Waals surface area contributed by atoms with Crippen molar-refractivity contribution in [1.29, 1.82) is 0 Å². The summed E-state index contributed by atoms with van der Waals surface area (Å²) < 4.78 is 23.0. The molecule has 0 aromatic heterocycles. The van der Waals surface area contributed by atoms with Crippen molar-refractivity contribution in [1.82, 2.24) is 0 Å². The zero-order valence-electron chi connectivity index (χ0n) is 9.67. The molecule has 17 heavy (non-hydrogen) atoms. The van der Waals surface area contributed by atoms with Gasteiger partial charge in [0, 0.05) is 11.7 Å². The minimum absolute atomic E-state index is 0.390. The van der Waals surface area contributed by atoms with Gasteiger partial charge in [-0.1, -0.05) is 18.2 Å². The minimum Gasteiger partial charge on any atom is -0.382 e. The Morgan fingerprint density at radius 2 is 1.59 bits per heavy atom. The first-order chi connectivity index (χ1) is 8.12. The third-order valence-corrected chi connectivity index (χ3v) is 5.79. The molecule has 2 unspecified atom stereocenters. The highest BCUT2D eigenvalue weighted by atomic mass is 32.2. The van der Waals surface area contributed by atoms with Gasteiger partial charge in [0.15, 0.2) is 9.84 Å². The molecule has 0 amide bonds. The molecule has 2 fully saturated rings. The molecule has 1 aromatic rings. The molecule has 0 bridgehead atoms. The predicted octanol–water partition coefficient (Wildman–Crippen LogP) is 1.92. The van der Waals surface area contributed by atoms with Crippen LogP contribution >= 0.6 is 0 Å². The Labute approximate surface area is 102 Å². The van der Waals surface area contributed by atoms with Crippen molar-refractivity contribution in [2.24, 2.45) is 11.8 Å². The molecular formula is C13H17NO2S. The molecule has 0 spiro atoms. The molecule has 4 heteroatoms. The summed E-state index contributed by atoms with van der Waals surface area (Å²) in [5.41, 5.74) is 1.14. The van der Waals surface area contributed by atoms with Gasteiger partial charge >= 0.3 is 0 Å². The lowest BCUT2D eigenvalue weighted by atomic mass is 10.0. The number of hydrogen-bond donors (Lipinski definition) is 1. The lowest BCUT2D eigenvalue weighted by Gasteiger charge is -2.14. The van der Waals surface area contributed by atoms with Gasteiger partial charge in [-0.25, -0.2) is 8.42 Å². The monoisotopic (exact) mass is 251 g/mol. The van der Waals surface area contributed by atoms with Gasteiger partial charge in [-0.2, -0.15) is 0 Å². The fourth-order valence-corrected chi connectivity index (χ4v) is 5.49. The Kier molecular flexibility index (Phi) is 2.62. The Hall–Kier alpha value is -1.03. The van der Waals surface area contributed by atoms with Crippen LogP contribution in [0.3, 0.4) is 0 Å². The SMILES string of the molecule is O=S1(=O)CC2CC(Nc3ccccc3)CC2C1. The molecule has 3 nitrogen and oxygen atoms in total. The fraction of sp³-hybridized carbons (Fsp3) is 0.538. The quantitative estimate of drug-likeness (QED) is 0.873. The average Bonchev–Trinajstić information content (AvgIpc) is 2.72. The lowest BCUT2D eigenvalue weighted by Crippen LogP contribution is -2.18. The highest BCUT2D eigenvalue weighted by Gasteiger charge is 2.44. The molecule has 1 N–H and O–H groups in total. The highest BCUT2D eigenvalue weighted by molar-refractivity contribution is 7.91. The standard InChI is InChI=1S/C13H17NO2S/c15-17(16)8-10-6-13(7-11(10)9-17)14-12-4-2-1-3-5-12/h1-5,10-11,13-14H,6-9H2. The van der Waals surface area contributed by atoms with E-state index in [0.29, 0.717) is 29.4 Å². The topological polar surface area (TPSA) is 46.2 Å². The predicted molar refractivity (Wildman–Crippen MR) is 68.7 cm³/mol. The highest BCUT2D eigenvalue weighted by Crippen LogP contribution is 2.40. The van der Waals surface area contributed by atoms with Gasteiger partial charge in [-0.05, 0) is 36.8 Å². The Bertz CT molecular complexity index is 477. The number of fused-ring (bicyclic) bond motifs is 1. The van der Waals surface area contributed by atoms with E-state index in [1.807, 2.05) is 18.2 Å². The molecule has 92 valence electrons. The van der Waals surface area contributed by atoms with Crippen LogP contribution in [0, 0.1) is 11.8 Å². The van der Waals surface area contributed by atoms with Crippen molar-refractivity contribution < 1.29 is 8.42 Å². The third-order valence-electron chi connectivity index (χ3n) is 3.92. The van der Waals surface area contributed by atoms with E-state index in [-0.39, 0.29) is 0 Å². The van der Waals surface area contributed by atoms with E-state index < -0.39 is 9.84 Å². The molecule has 0 radical (unpaired) electrons.